The minimum Gasteiger partial charge on any atom is -0.459 e. The van der Waals surface area contributed by atoms with Gasteiger partial charge in [0, 0.05) is 37.9 Å². The summed E-state index contributed by atoms with van der Waals surface area (Å²) in [5, 5.41) is -0.0831. The molecule has 5 saturated heterocycles. The Morgan fingerprint density at radius 1 is 0.794 bits per heavy atom. The average molecular weight is 955 g/mol. The standard InChI is InChI=1S/C56H78O11Si/c1-11-29-53(5)49(35-54(6)46(65-53)34-45-55(7,67-54)38-60-51(63-45)41-26-19-14-20-27-41)62-50(57)33-43-44(66-68(9,10)52(2,3)4)32-48-56(8,64-43)47(59-37-40-24-17-13-18-25-40)31-42(61-48)28-21-30-58-36-39-22-15-12-16-23-39/h11-20,22-27,42-49,51H,1,21,28-38H2,2-10H3/t42-,43-,44+,45+,46-,47+,48-,49-,51-,53+,54+,55-,56+/m1/s1. The first-order valence-electron chi connectivity index (χ1n) is 25.1. The number of carbonyl (C=O) groups excluding carboxylic acids is 1. The molecule has 8 rings (SSSR count). The molecule has 12 heteroatoms. The maximum Gasteiger partial charge on any atom is 0.308 e. The second-order valence-corrected chi connectivity index (χ2v) is 27.1. The quantitative estimate of drug-likeness (QED) is 0.0558. The molecule has 5 fully saturated rings. The molecule has 372 valence electrons. The van der Waals surface area contributed by atoms with Crippen LogP contribution in [0.4, 0.5) is 0 Å². The van der Waals surface area contributed by atoms with Crippen LogP contribution < -0.4 is 0 Å². The SMILES string of the molecule is C=CC[C@]1(C)O[C@@H]2C[C@@H]3O[C@H](c4ccccc4)OC[C@@]3(C)O[C@@]2(C)C[C@H]1OC(=O)C[C@H]1O[C@@]2(C)[C@@H](OCc3ccccc3)C[C@@H](CCCOCc3ccccc3)O[C@@H]2C[C@@H]1O[Si](C)(C)C(C)(C)C. The van der Waals surface area contributed by atoms with Crippen molar-refractivity contribution in [3.63, 3.8) is 0 Å². The number of benzene rings is 3. The van der Waals surface area contributed by atoms with Gasteiger partial charge in [0.2, 0.25) is 0 Å². The molecule has 0 radical (unpaired) electrons. The Hall–Kier alpha value is -3.27. The van der Waals surface area contributed by atoms with Crippen LogP contribution in [0.15, 0.2) is 104 Å². The molecule has 0 spiro atoms. The summed E-state index contributed by atoms with van der Waals surface area (Å²) in [5.74, 6) is -0.381. The molecule has 0 aromatic heterocycles. The molecule has 5 aliphatic rings. The second kappa shape index (κ2) is 20.8. The Balaban J connectivity index is 0.992. The summed E-state index contributed by atoms with van der Waals surface area (Å²) >= 11 is 0. The van der Waals surface area contributed by atoms with E-state index in [9.17, 15) is 4.79 Å². The fraction of sp³-hybridized carbons (Fsp3) is 0.625. The van der Waals surface area contributed by atoms with Crippen LogP contribution in [0.5, 0.6) is 0 Å². The van der Waals surface area contributed by atoms with Crippen LogP contribution in [0, 0.1) is 0 Å². The van der Waals surface area contributed by atoms with Crippen LogP contribution in [0.1, 0.15) is 123 Å². The third-order valence-corrected chi connectivity index (χ3v) is 20.4. The van der Waals surface area contributed by atoms with E-state index in [2.05, 4.69) is 78.6 Å². The molecular formula is C56H78O11Si. The molecule has 68 heavy (non-hydrogen) atoms. The highest BCUT2D eigenvalue weighted by Gasteiger charge is 2.63. The summed E-state index contributed by atoms with van der Waals surface area (Å²) < 4.78 is 68.1. The summed E-state index contributed by atoms with van der Waals surface area (Å²) in [4.78, 5) is 14.7. The summed E-state index contributed by atoms with van der Waals surface area (Å²) in [6.07, 6.45) is 2.73. The van der Waals surface area contributed by atoms with Crippen molar-refractivity contribution in [2.75, 3.05) is 13.2 Å². The number of hydrogen-bond donors (Lipinski definition) is 0. The first-order chi connectivity index (χ1) is 32.3. The molecule has 5 aliphatic heterocycles. The van der Waals surface area contributed by atoms with Gasteiger partial charge in [-0.1, -0.05) is 118 Å². The fourth-order valence-electron chi connectivity index (χ4n) is 10.8. The largest absolute Gasteiger partial charge is 0.459 e. The molecule has 0 N–H and O–H groups in total. The van der Waals surface area contributed by atoms with Crippen molar-refractivity contribution in [3.8, 4) is 0 Å². The normalized spacial score (nSPS) is 36.2. The summed E-state index contributed by atoms with van der Waals surface area (Å²) in [7, 11) is -2.37. The Morgan fingerprint density at radius 3 is 2.12 bits per heavy atom. The average Bonchev–Trinajstić information content (AvgIpc) is 3.29. The maximum atomic E-state index is 14.7. The first kappa shape index (κ1) is 51.1. The lowest BCUT2D eigenvalue weighted by molar-refractivity contribution is -0.385. The van der Waals surface area contributed by atoms with E-state index in [4.69, 9.17) is 47.1 Å². The van der Waals surface area contributed by atoms with Crippen LogP contribution in [-0.2, 0) is 65.1 Å². The van der Waals surface area contributed by atoms with E-state index in [0.29, 0.717) is 58.5 Å². The Morgan fingerprint density at radius 2 is 1.46 bits per heavy atom. The third kappa shape index (κ3) is 11.4. The van der Waals surface area contributed by atoms with Crippen molar-refractivity contribution in [1.29, 1.82) is 0 Å². The van der Waals surface area contributed by atoms with Gasteiger partial charge < -0.3 is 47.1 Å². The summed E-state index contributed by atoms with van der Waals surface area (Å²) in [6.45, 7) is 25.5. The first-order valence-corrected chi connectivity index (χ1v) is 28.0. The van der Waals surface area contributed by atoms with E-state index in [0.717, 1.165) is 29.5 Å². The molecule has 3 aromatic rings. The van der Waals surface area contributed by atoms with Crippen LogP contribution in [0.25, 0.3) is 0 Å². The number of carbonyl (C=O) groups is 1. The van der Waals surface area contributed by atoms with Gasteiger partial charge in [0.15, 0.2) is 14.6 Å². The van der Waals surface area contributed by atoms with Crippen molar-refractivity contribution in [3.05, 3.63) is 120 Å². The van der Waals surface area contributed by atoms with E-state index < -0.39 is 55.3 Å². The highest BCUT2D eigenvalue weighted by atomic mass is 28.4. The topological polar surface area (TPSA) is 109 Å². The van der Waals surface area contributed by atoms with Crippen molar-refractivity contribution in [2.24, 2.45) is 0 Å². The van der Waals surface area contributed by atoms with Crippen molar-refractivity contribution in [1.82, 2.24) is 0 Å². The van der Waals surface area contributed by atoms with Crippen LogP contribution in [-0.4, -0.2) is 98.7 Å². The number of ether oxygens (including phenoxy) is 9. The lowest BCUT2D eigenvalue weighted by atomic mass is 9.73. The molecule has 5 heterocycles. The molecule has 0 unspecified atom stereocenters. The molecule has 0 bridgehead atoms. The summed E-state index contributed by atoms with van der Waals surface area (Å²) in [5.41, 5.74) is -0.0402. The molecular weight excluding hydrogens is 877 g/mol. The summed E-state index contributed by atoms with van der Waals surface area (Å²) in [6, 6.07) is 30.5. The maximum absolute atomic E-state index is 14.7. The van der Waals surface area contributed by atoms with Gasteiger partial charge in [-0.25, -0.2) is 0 Å². The zero-order valence-electron chi connectivity index (χ0n) is 42.1. The Kier molecular flexibility index (Phi) is 15.6. The van der Waals surface area contributed by atoms with Gasteiger partial charge in [-0.15, -0.1) is 6.58 Å². The van der Waals surface area contributed by atoms with Crippen LogP contribution in [0.3, 0.4) is 0 Å². The highest BCUT2D eigenvalue weighted by molar-refractivity contribution is 6.74. The van der Waals surface area contributed by atoms with Crippen molar-refractivity contribution < 1.29 is 51.9 Å². The molecule has 13 atom stereocenters. The zero-order chi connectivity index (χ0) is 48.4. The molecule has 0 saturated carbocycles. The minimum atomic E-state index is -2.37. The number of esters is 1. The monoisotopic (exact) mass is 955 g/mol. The van der Waals surface area contributed by atoms with E-state index in [-0.39, 0.29) is 47.9 Å². The lowest BCUT2D eigenvalue weighted by Gasteiger charge is -2.60. The Bertz CT molecular complexity index is 2120. The van der Waals surface area contributed by atoms with E-state index in [1.165, 1.54) is 0 Å². The predicted octanol–water partition coefficient (Wildman–Crippen LogP) is 11.1. The number of rotatable bonds is 17. The van der Waals surface area contributed by atoms with Gasteiger partial charge in [-0.2, -0.15) is 0 Å². The highest BCUT2D eigenvalue weighted by Crippen LogP contribution is 2.52. The van der Waals surface area contributed by atoms with Gasteiger partial charge in [0.05, 0.1) is 74.6 Å². The van der Waals surface area contributed by atoms with Gasteiger partial charge in [0.1, 0.15) is 22.9 Å². The fourth-order valence-corrected chi connectivity index (χ4v) is 12.1. The van der Waals surface area contributed by atoms with Crippen LogP contribution in [0.2, 0.25) is 18.1 Å². The van der Waals surface area contributed by atoms with E-state index >= 15 is 0 Å². The van der Waals surface area contributed by atoms with E-state index in [1.54, 1.807) is 0 Å². The molecule has 3 aromatic carbocycles. The number of fused-ring (bicyclic) bond motifs is 3. The van der Waals surface area contributed by atoms with Gasteiger partial charge in [0.25, 0.3) is 0 Å². The van der Waals surface area contributed by atoms with E-state index in [1.807, 2.05) is 86.7 Å². The number of hydrogen-bond acceptors (Lipinski definition) is 11. The van der Waals surface area contributed by atoms with Gasteiger partial charge in [-0.3, -0.25) is 4.79 Å². The van der Waals surface area contributed by atoms with Crippen molar-refractivity contribution >= 4 is 14.3 Å². The molecule has 0 amide bonds. The lowest BCUT2D eigenvalue weighted by Crippen LogP contribution is -2.71. The molecule has 0 aliphatic carbocycles. The predicted molar refractivity (Wildman–Crippen MR) is 263 cm³/mol. The van der Waals surface area contributed by atoms with Crippen molar-refractivity contribution in [2.45, 2.75) is 209 Å². The van der Waals surface area contributed by atoms with Gasteiger partial charge >= 0.3 is 5.97 Å². The molecule has 11 nitrogen and oxygen atoms in total. The minimum absolute atomic E-state index is 0.0147. The second-order valence-electron chi connectivity index (χ2n) is 22.4. The van der Waals surface area contributed by atoms with Crippen LogP contribution >= 0.6 is 0 Å². The Labute approximate surface area is 406 Å². The third-order valence-electron chi connectivity index (χ3n) is 15.9. The van der Waals surface area contributed by atoms with Gasteiger partial charge in [-0.05, 0) is 76.2 Å². The zero-order valence-corrected chi connectivity index (χ0v) is 43.1. The smallest absolute Gasteiger partial charge is 0.308 e.